The summed E-state index contributed by atoms with van der Waals surface area (Å²) in [5.41, 5.74) is 0. The number of rotatable bonds is 8. The first-order chi connectivity index (χ1) is 9.30. The monoisotopic (exact) mass is 280 g/mol. The van der Waals surface area contributed by atoms with Crippen LogP contribution in [0.4, 0.5) is 0 Å². The summed E-state index contributed by atoms with van der Waals surface area (Å²) in [6.45, 7) is 2.31. The Morgan fingerprint density at radius 1 is 0.789 bits per heavy atom. The van der Waals surface area contributed by atoms with Crippen LogP contribution in [0.25, 0.3) is 0 Å². The molecule has 4 saturated carbocycles. The van der Waals surface area contributed by atoms with Crippen molar-refractivity contribution in [3.05, 3.63) is 0 Å². The van der Waals surface area contributed by atoms with Gasteiger partial charge < -0.3 is 0 Å². The predicted octanol–water partition coefficient (Wildman–Crippen LogP) is 5.99. The zero-order chi connectivity index (χ0) is 13.1. The predicted molar refractivity (Wildman–Crippen MR) is 87.5 cm³/mol. The van der Waals surface area contributed by atoms with Gasteiger partial charge in [0.25, 0.3) is 0 Å². The average molecular weight is 280 g/mol. The zero-order valence-electron chi connectivity index (χ0n) is 12.9. The Balaban J connectivity index is 1.36. The van der Waals surface area contributed by atoms with Gasteiger partial charge in [0.2, 0.25) is 0 Å². The Hall–Kier alpha value is 0.430. The molecule has 0 aromatic heterocycles. The fourth-order valence-corrected chi connectivity index (χ4v) is 7.84. The second kappa shape index (κ2) is 6.46. The highest BCUT2D eigenvalue weighted by Gasteiger charge is 2.50. The summed E-state index contributed by atoms with van der Waals surface area (Å²) in [5.74, 6) is 3.47. The van der Waals surface area contributed by atoms with Crippen molar-refractivity contribution in [1.29, 1.82) is 0 Å². The van der Waals surface area contributed by atoms with Crippen molar-refractivity contribution >= 4 is 8.58 Å². The molecule has 4 aliphatic rings. The van der Waals surface area contributed by atoms with Gasteiger partial charge in [0, 0.05) is 0 Å². The van der Waals surface area contributed by atoms with Crippen LogP contribution in [0.5, 0.6) is 0 Å². The van der Waals surface area contributed by atoms with Crippen molar-refractivity contribution in [3.8, 4) is 0 Å². The zero-order valence-corrected chi connectivity index (χ0v) is 13.9. The lowest BCUT2D eigenvalue weighted by Crippen LogP contribution is -2.48. The quantitative estimate of drug-likeness (QED) is 0.378. The molecule has 0 saturated heterocycles. The van der Waals surface area contributed by atoms with Crippen LogP contribution >= 0.6 is 8.58 Å². The molecule has 0 radical (unpaired) electrons. The molecule has 0 N–H and O–H groups in total. The highest BCUT2D eigenvalue weighted by Crippen LogP contribution is 2.62. The van der Waals surface area contributed by atoms with Gasteiger partial charge in [-0.1, -0.05) is 39.0 Å². The van der Waals surface area contributed by atoms with E-state index in [0.717, 1.165) is 22.9 Å². The van der Waals surface area contributed by atoms with Crippen molar-refractivity contribution in [2.45, 2.75) is 89.1 Å². The first-order valence-corrected chi connectivity index (χ1v) is 10.3. The highest BCUT2D eigenvalue weighted by atomic mass is 31.1. The molecule has 1 atom stereocenters. The van der Waals surface area contributed by atoms with Gasteiger partial charge in [-0.3, -0.25) is 0 Å². The average Bonchev–Trinajstić information content (AvgIpc) is 2.36. The van der Waals surface area contributed by atoms with Gasteiger partial charge in [-0.2, -0.15) is 0 Å². The summed E-state index contributed by atoms with van der Waals surface area (Å²) in [6.07, 6.45) is 20.2. The third kappa shape index (κ3) is 3.55. The lowest BCUT2D eigenvalue weighted by molar-refractivity contribution is 0.0367. The second-order valence-electron chi connectivity index (χ2n) is 7.89. The van der Waals surface area contributed by atoms with Crippen LogP contribution in [0, 0.1) is 17.8 Å². The minimum Gasteiger partial charge on any atom is -0.116 e. The summed E-state index contributed by atoms with van der Waals surface area (Å²) >= 11 is 0. The van der Waals surface area contributed by atoms with Gasteiger partial charge in [0.05, 0.1) is 0 Å². The molecular weight excluding hydrogens is 247 g/mol. The summed E-state index contributed by atoms with van der Waals surface area (Å²) < 4.78 is 0. The van der Waals surface area contributed by atoms with E-state index >= 15 is 0 Å². The maximum absolute atomic E-state index is 2.31. The molecule has 0 aliphatic heterocycles. The fourth-order valence-electron chi connectivity index (χ4n) is 5.59. The molecule has 0 heterocycles. The van der Waals surface area contributed by atoms with E-state index in [1.54, 1.807) is 44.7 Å². The van der Waals surface area contributed by atoms with E-state index in [1.807, 2.05) is 0 Å². The Kier molecular flexibility index (Phi) is 4.89. The lowest BCUT2D eigenvalue weighted by atomic mass is 9.56. The molecule has 4 rings (SSSR count). The van der Waals surface area contributed by atoms with Crippen LogP contribution < -0.4 is 0 Å². The van der Waals surface area contributed by atoms with Crippen LogP contribution in [0.15, 0.2) is 0 Å². The fraction of sp³-hybridized carbons (Fsp3) is 1.00. The van der Waals surface area contributed by atoms with Crippen molar-refractivity contribution in [3.63, 3.8) is 0 Å². The standard InChI is InChI=1S/C18H33P/c1-2-3-4-5-6-7-8-19-18-12-15-9-16(13-18)11-17(10-15)14-18/h15-17,19H,2-14H2,1H3. The molecule has 4 aliphatic carbocycles. The third-order valence-corrected chi connectivity index (χ3v) is 8.03. The second-order valence-corrected chi connectivity index (χ2v) is 9.81. The Bertz CT molecular complexity index is 248. The molecule has 1 unspecified atom stereocenters. The minimum atomic E-state index is 0.873. The van der Waals surface area contributed by atoms with Gasteiger partial charge in [0.1, 0.15) is 0 Å². The van der Waals surface area contributed by atoms with Crippen molar-refractivity contribution in [1.82, 2.24) is 0 Å². The van der Waals surface area contributed by atoms with E-state index < -0.39 is 0 Å². The van der Waals surface area contributed by atoms with E-state index in [9.17, 15) is 0 Å². The minimum absolute atomic E-state index is 0.873. The molecule has 0 amide bonds. The molecule has 4 bridgehead atoms. The van der Waals surface area contributed by atoms with Gasteiger partial charge in [-0.25, -0.2) is 0 Å². The molecule has 0 nitrogen and oxygen atoms in total. The number of hydrogen-bond acceptors (Lipinski definition) is 0. The molecule has 110 valence electrons. The van der Waals surface area contributed by atoms with Gasteiger partial charge in [0.15, 0.2) is 0 Å². The van der Waals surface area contributed by atoms with Crippen LogP contribution in [-0.4, -0.2) is 11.3 Å². The Morgan fingerprint density at radius 2 is 1.32 bits per heavy atom. The van der Waals surface area contributed by atoms with Crippen molar-refractivity contribution in [2.75, 3.05) is 6.16 Å². The smallest absolute Gasteiger partial charge is 0.0114 e. The van der Waals surface area contributed by atoms with E-state index in [1.165, 1.54) is 47.1 Å². The van der Waals surface area contributed by atoms with E-state index in [2.05, 4.69) is 6.92 Å². The first kappa shape index (κ1) is 14.4. The van der Waals surface area contributed by atoms with Crippen LogP contribution in [0.3, 0.4) is 0 Å². The Morgan fingerprint density at radius 3 is 1.89 bits per heavy atom. The normalized spacial score (nSPS) is 40.6. The first-order valence-electron chi connectivity index (χ1n) is 9.05. The van der Waals surface area contributed by atoms with Gasteiger partial charge >= 0.3 is 0 Å². The maximum atomic E-state index is 2.31. The molecule has 0 aromatic carbocycles. The molecule has 1 heteroatoms. The van der Waals surface area contributed by atoms with Gasteiger partial charge in [-0.15, -0.1) is 8.58 Å². The lowest BCUT2D eigenvalue weighted by Gasteiger charge is -2.57. The van der Waals surface area contributed by atoms with E-state index in [-0.39, 0.29) is 0 Å². The largest absolute Gasteiger partial charge is 0.116 e. The molecule has 4 fully saturated rings. The summed E-state index contributed by atoms with van der Waals surface area (Å²) in [6, 6.07) is 0. The van der Waals surface area contributed by atoms with Crippen LogP contribution in [0.1, 0.15) is 84.0 Å². The molecule has 0 aromatic rings. The number of unbranched alkanes of at least 4 members (excludes halogenated alkanes) is 5. The summed E-state index contributed by atoms with van der Waals surface area (Å²) in [5, 5.41) is 0.873. The van der Waals surface area contributed by atoms with Crippen molar-refractivity contribution < 1.29 is 0 Å². The number of hydrogen-bond donors (Lipinski definition) is 0. The van der Waals surface area contributed by atoms with Crippen molar-refractivity contribution in [2.24, 2.45) is 17.8 Å². The van der Waals surface area contributed by atoms with Gasteiger partial charge in [-0.05, 0) is 74.0 Å². The molecular formula is C18H33P. The summed E-state index contributed by atoms with van der Waals surface area (Å²) in [7, 11) is 1.32. The highest BCUT2D eigenvalue weighted by molar-refractivity contribution is 7.40. The van der Waals surface area contributed by atoms with Crippen LogP contribution in [-0.2, 0) is 0 Å². The van der Waals surface area contributed by atoms with E-state index in [0.29, 0.717) is 0 Å². The molecule has 19 heavy (non-hydrogen) atoms. The Labute approximate surface area is 122 Å². The summed E-state index contributed by atoms with van der Waals surface area (Å²) in [4.78, 5) is 0. The third-order valence-electron chi connectivity index (χ3n) is 6.07. The maximum Gasteiger partial charge on any atom is -0.0114 e. The molecule has 0 spiro atoms. The SMILES string of the molecule is CCCCCCCCPC12CC3CC(CC(C3)C1)C2. The topological polar surface area (TPSA) is 0 Å². The van der Waals surface area contributed by atoms with Crippen LogP contribution in [0.2, 0.25) is 0 Å². The van der Waals surface area contributed by atoms with E-state index in [4.69, 9.17) is 0 Å².